The quantitative estimate of drug-likeness (QED) is 0.761. The molecule has 5 heteroatoms. The van der Waals surface area contributed by atoms with E-state index >= 15 is 0 Å². The van der Waals surface area contributed by atoms with Gasteiger partial charge in [0.15, 0.2) is 11.5 Å². The Morgan fingerprint density at radius 3 is 2.41 bits per heavy atom. The normalized spacial score (nSPS) is 11.6. The molecule has 0 aliphatic rings. The number of aryl methyl sites for hydroxylation is 1. The SMILES string of the molecule is COc1cc(C(C)NC(=O)CCc2ccc(C#N)cc2)ccc1OC(C)C. The molecule has 0 radical (unpaired) electrons. The minimum atomic E-state index is -0.138. The predicted octanol–water partition coefficient (Wildman–Crippen LogP) is 4.16. The molecule has 0 heterocycles. The standard InChI is InChI=1S/C22H26N2O3/c1-15(2)27-20-11-10-19(13-21(20)26-4)16(3)24-22(25)12-9-17-5-7-18(14-23)8-6-17/h5-8,10-11,13,15-16H,9,12H2,1-4H3,(H,24,25). The number of carbonyl (C=O) groups is 1. The molecule has 0 aliphatic heterocycles. The van der Waals surface area contributed by atoms with E-state index in [0.717, 1.165) is 11.1 Å². The first-order chi connectivity index (χ1) is 12.9. The molecule has 0 spiro atoms. The Morgan fingerprint density at radius 1 is 1.11 bits per heavy atom. The Balaban J connectivity index is 1.94. The number of nitrogens with zero attached hydrogens (tertiary/aromatic N) is 1. The van der Waals surface area contributed by atoms with Crippen LogP contribution in [0.5, 0.6) is 11.5 Å². The molecule has 1 unspecified atom stereocenters. The molecular weight excluding hydrogens is 340 g/mol. The van der Waals surface area contributed by atoms with Crippen LogP contribution in [0.2, 0.25) is 0 Å². The van der Waals surface area contributed by atoms with E-state index in [9.17, 15) is 4.79 Å². The van der Waals surface area contributed by atoms with E-state index in [0.29, 0.717) is 29.9 Å². The molecule has 2 aromatic rings. The zero-order valence-corrected chi connectivity index (χ0v) is 16.3. The predicted molar refractivity (Wildman–Crippen MR) is 105 cm³/mol. The molecular formula is C22H26N2O3. The molecule has 0 saturated carbocycles. The Bertz CT molecular complexity index is 807. The van der Waals surface area contributed by atoms with E-state index < -0.39 is 0 Å². The topological polar surface area (TPSA) is 71.3 Å². The first-order valence-electron chi connectivity index (χ1n) is 9.06. The van der Waals surface area contributed by atoms with E-state index in [1.807, 2.05) is 51.1 Å². The minimum Gasteiger partial charge on any atom is -0.493 e. The monoisotopic (exact) mass is 366 g/mol. The maximum atomic E-state index is 12.3. The zero-order chi connectivity index (χ0) is 19.8. The summed E-state index contributed by atoms with van der Waals surface area (Å²) in [6.07, 6.45) is 1.08. The Hall–Kier alpha value is -3.00. The van der Waals surface area contributed by atoms with E-state index in [-0.39, 0.29) is 18.1 Å². The number of nitriles is 1. The second kappa shape index (κ2) is 9.63. The van der Waals surface area contributed by atoms with Crippen molar-refractivity contribution >= 4 is 5.91 Å². The molecule has 27 heavy (non-hydrogen) atoms. The van der Waals surface area contributed by atoms with Crippen LogP contribution in [0.15, 0.2) is 42.5 Å². The van der Waals surface area contributed by atoms with E-state index in [1.165, 1.54) is 0 Å². The van der Waals surface area contributed by atoms with Crippen molar-refractivity contribution in [1.29, 1.82) is 5.26 Å². The summed E-state index contributed by atoms with van der Waals surface area (Å²) in [5.74, 6) is 1.32. The molecule has 0 saturated heterocycles. The van der Waals surface area contributed by atoms with Gasteiger partial charge in [-0.25, -0.2) is 0 Å². The van der Waals surface area contributed by atoms with Crippen molar-refractivity contribution < 1.29 is 14.3 Å². The third-order valence-corrected chi connectivity index (χ3v) is 4.15. The smallest absolute Gasteiger partial charge is 0.220 e. The number of amides is 1. The van der Waals surface area contributed by atoms with Crippen molar-refractivity contribution in [2.45, 2.75) is 45.8 Å². The van der Waals surface area contributed by atoms with Gasteiger partial charge in [-0.05, 0) is 62.6 Å². The number of hydrogen-bond donors (Lipinski definition) is 1. The van der Waals surface area contributed by atoms with Crippen LogP contribution >= 0.6 is 0 Å². The van der Waals surface area contributed by atoms with Gasteiger partial charge in [-0.1, -0.05) is 18.2 Å². The minimum absolute atomic E-state index is 0.0201. The van der Waals surface area contributed by atoms with Crippen molar-refractivity contribution in [1.82, 2.24) is 5.32 Å². The van der Waals surface area contributed by atoms with E-state index in [4.69, 9.17) is 14.7 Å². The summed E-state index contributed by atoms with van der Waals surface area (Å²) in [6, 6.07) is 14.9. The first kappa shape index (κ1) is 20.3. The Morgan fingerprint density at radius 2 is 1.81 bits per heavy atom. The number of methoxy groups -OCH3 is 1. The van der Waals surface area contributed by atoms with Crippen LogP contribution in [-0.2, 0) is 11.2 Å². The fourth-order valence-electron chi connectivity index (χ4n) is 2.71. The van der Waals surface area contributed by atoms with Crippen LogP contribution in [0, 0.1) is 11.3 Å². The second-order valence-electron chi connectivity index (χ2n) is 6.67. The lowest BCUT2D eigenvalue weighted by Crippen LogP contribution is -2.26. The van der Waals surface area contributed by atoms with Gasteiger partial charge in [0, 0.05) is 6.42 Å². The van der Waals surface area contributed by atoms with Gasteiger partial charge < -0.3 is 14.8 Å². The summed E-state index contributed by atoms with van der Waals surface area (Å²) in [5.41, 5.74) is 2.61. The highest BCUT2D eigenvalue weighted by molar-refractivity contribution is 5.76. The van der Waals surface area contributed by atoms with Gasteiger partial charge in [0.1, 0.15) is 0 Å². The second-order valence-corrected chi connectivity index (χ2v) is 6.67. The summed E-state index contributed by atoms with van der Waals surface area (Å²) in [4.78, 5) is 12.3. The van der Waals surface area contributed by atoms with Crippen LogP contribution in [0.4, 0.5) is 0 Å². The summed E-state index contributed by atoms with van der Waals surface area (Å²) >= 11 is 0. The number of carbonyl (C=O) groups excluding carboxylic acids is 1. The number of ether oxygens (including phenoxy) is 2. The van der Waals surface area contributed by atoms with Crippen molar-refractivity contribution in [2.75, 3.05) is 7.11 Å². The number of benzene rings is 2. The average molecular weight is 366 g/mol. The van der Waals surface area contributed by atoms with Crippen molar-refractivity contribution in [3.05, 3.63) is 59.2 Å². The van der Waals surface area contributed by atoms with Crippen molar-refractivity contribution in [3.63, 3.8) is 0 Å². The maximum Gasteiger partial charge on any atom is 0.220 e. The third kappa shape index (κ3) is 6.03. The van der Waals surface area contributed by atoms with E-state index in [1.54, 1.807) is 19.2 Å². The Kier molecular flexibility index (Phi) is 7.25. The summed E-state index contributed by atoms with van der Waals surface area (Å²) in [5, 5.41) is 11.8. The molecule has 2 aromatic carbocycles. The van der Waals surface area contributed by atoms with Gasteiger partial charge in [-0.15, -0.1) is 0 Å². The van der Waals surface area contributed by atoms with Crippen LogP contribution in [0.3, 0.4) is 0 Å². The molecule has 0 bridgehead atoms. The average Bonchev–Trinajstić information content (AvgIpc) is 2.66. The number of hydrogen-bond acceptors (Lipinski definition) is 4. The fraction of sp³-hybridized carbons (Fsp3) is 0.364. The molecule has 0 aliphatic carbocycles. The number of rotatable bonds is 8. The van der Waals surface area contributed by atoms with Gasteiger partial charge in [-0.3, -0.25) is 4.79 Å². The highest BCUT2D eigenvalue weighted by Gasteiger charge is 2.14. The summed E-state index contributed by atoms with van der Waals surface area (Å²) in [7, 11) is 1.60. The van der Waals surface area contributed by atoms with Crippen LogP contribution in [0.25, 0.3) is 0 Å². The van der Waals surface area contributed by atoms with Crippen molar-refractivity contribution in [3.8, 4) is 17.6 Å². The lowest BCUT2D eigenvalue weighted by Gasteiger charge is -2.18. The van der Waals surface area contributed by atoms with Gasteiger partial charge in [0.05, 0.1) is 30.9 Å². The largest absolute Gasteiger partial charge is 0.493 e. The zero-order valence-electron chi connectivity index (χ0n) is 16.3. The van der Waals surface area contributed by atoms with Crippen molar-refractivity contribution in [2.24, 2.45) is 0 Å². The lowest BCUT2D eigenvalue weighted by molar-refractivity contribution is -0.121. The molecule has 1 amide bonds. The molecule has 5 nitrogen and oxygen atoms in total. The highest BCUT2D eigenvalue weighted by Crippen LogP contribution is 2.31. The van der Waals surface area contributed by atoms with Gasteiger partial charge in [0.2, 0.25) is 5.91 Å². The molecule has 0 fully saturated rings. The molecule has 2 rings (SSSR count). The highest BCUT2D eigenvalue weighted by atomic mass is 16.5. The van der Waals surface area contributed by atoms with Crippen LogP contribution in [0.1, 0.15) is 49.9 Å². The summed E-state index contributed by atoms with van der Waals surface area (Å²) < 4.78 is 11.1. The number of nitrogens with one attached hydrogen (secondary N) is 1. The lowest BCUT2D eigenvalue weighted by atomic mass is 10.1. The van der Waals surface area contributed by atoms with Crippen LogP contribution < -0.4 is 14.8 Å². The molecule has 1 N–H and O–H groups in total. The fourth-order valence-corrected chi connectivity index (χ4v) is 2.71. The van der Waals surface area contributed by atoms with Gasteiger partial charge >= 0.3 is 0 Å². The Labute approximate surface area is 160 Å². The van der Waals surface area contributed by atoms with Gasteiger partial charge in [-0.2, -0.15) is 5.26 Å². The molecule has 142 valence electrons. The van der Waals surface area contributed by atoms with E-state index in [2.05, 4.69) is 11.4 Å². The molecule has 0 aromatic heterocycles. The molecule has 1 atom stereocenters. The van der Waals surface area contributed by atoms with Crippen LogP contribution in [-0.4, -0.2) is 19.1 Å². The first-order valence-corrected chi connectivity index (χ1v) is 9.06. The van der Waals surface area contributed by atoms with Gasteiger partial charge in [0.25, 0.3) is 0 Å². The third-order valence-electron chi connectivity index (χ3n) is 4.15. The summed E-state index contributed by atoms with van der Waals surface area (Å²) in [6.45, 7) is 5.87. The maximum absolute atomic E-state index is 12.3.